The van der Waals surface area contributed by atoms with Gasteiger partial charge in [0.25, 0.3) is 0 Å². The smallest absolute Gasteiger partial charge is 0.353 e. The third kappa shape index (κ3) is 2.67. The van der Waals surface area contributed by atoms with E-state index in [1.54, 1.807) is 12.1 Å². The minimum atomic E-state index is -0.938. The normalized spacial score (nSPS) is 10.9. The maximum absolute atomic E-state index is 12.7. The summed E-state index contributed by atoms with van der Waals surface area (Å²) in [6, 6.07) is 3.22. The van der Waals surface area contributed by atoms with Crippen molar-refractivity contribution < 1.29 is 13.8 Å². The molecule has 0 aliphatic carbocycles. The van der Waals surface area contributed by atoms with E-state index in [0.717, 1.165) is 4.57 Å². The van der Waals surface area contributed by atoms with E-state index in [-0.39, 0.29) is 18.8 Å². The number of furan rings is 2. The minimum Gasteiger partial charge on any atom is -0.472 e. The summed E-state index contributed by atoms with van der Waals surface area (Å²) in [5.74, 6) is 0. The van der Waals surface area contributed by atoms with E-state index in [2.05, 4.69) is 0 Å². The SMILES string of the molecule is Cc1c([N+](=O)[O-])c(=O)n(Cc2ccoc2)c(=O)n1Cc1ccoc1. The highest BCUT2D eigenvalue weighted by Gasteiger charge is 2.25. The summed E-state index contributed by atoms with van der Waals surface area (Å²) >= 11 is 0. The molecule has 0 saturated heterocycles. The number of aromatic nitrogens is 2. The molecule has 24 heavy (non-hydrogen) atoms. The highest BCUT2D eigenvalue weighted by atomic mass is 16.6. The van der Waals surface area contributed by atoms with E-state index in [4.69, 9.17) is 8.83 Å². The molecule has 3 heterocycles. The Kier molecular flexibility index (Phi) is 3.90. The molecule has 0 bridgehead atoms. The molecule has 0 fully saturated rings. The quantitative estimate of drug-likeness (QED) is 0.517. The van der Waals surface area contributed by atoms with Gasteiger partial charge in [-0.05, 0) is 19.1 Å². The van der Waals surface area contributed by atoms with Gasteiger partial charge in [0.2, 0.25) is 0 Å². The summed E-state index contributed by atoms with van der Waals surface area (Å²) in [4.78, 5) is 35.6. The fraction of sp³-hybridized carbons (Fsp3) is 0.200. The van der Waals surface area contributed by atoms with Crippen molar-refractivity contribution in [2.24, 2.45) is 0 Å². The van der Waals surface area contributed by atoms with Crippen LogP contribution in [0.15, 0.2) is 55.6 Å². The standard InChI is InChI=1S/C15H13N3O6/c1-10-13(18(21)22)14(19)17(7-12-3-5-24-9-12)15(20)16(10)6-11-2-4-23-8-11/h2-5,8-9H,6-7H2,1H3. The largest absolute Gasteiger partial charge is 0.472 e. The minimum absolute atomic E-state index is 0.000330. The Balaban J connectivity index is 2.21. The van der Waals surface area contributed by atoms with Gasteiger partial charge in [0, 0.05) is 11.1 Å². The predicted molar refractivity (Wildman–Crippen MR) is 82.0 cm³/mol. The second-order valence-corrected chi connectivity index (χ2v) is 5.21. The zero-order valence-corrected chi connectivity index (χ0v) is 12.7. The lowest BCUT2D eigenvalue weighted by Gasteiger charge is -2.12. The molecule has 3 rings (SSSR count). The maximum atomic E-state index is 12.7. The summed E-state index contributed by atoms with van der Waals surface area (Å²) in [5, 5.41) is 11.3. The van der Waals surface area contributed by atoms with Crippen LogP contribution in [-0.4, -0.2) is 14.1 Å². The molecule has 0 unspecified atom stereocenters. The molecule has 3 aromatic rings. The van der Waals surface area contributed by atoms with Crippen molar-refractivity contribution in [3.8, 4) is 0 Å². The van der Waals surface area contributed by atoms with Crippen molar-refractivity contribution >= 4 is 5.69 Å². The van der Waals surface area contributed by atoms with E-state index in [9.17, 15) is 19.7 Å². The molecular weight excluding hydrogens is 318 g/mol. The van der Waals surface area contributed by atoms with Gasteiger partial charge in [-0.15, -0.1) is 0 Å². The van der Waals surface area contributed by atoms with E-state index in [1.165, 1.54) is 36.5 Å². The Morgan fingerprint density at radius 3 is 2.04 bits per heavy atom. The molecule has 3 aromatic heterocycles. The van der Waals surface area contributed by atoms with Gasteiger partial charge in [0.05, 0.1) is 43.1 Å². The van der Waals surface area contributed by atoms with Crippen LogP contribution in [0.5, 0.6) is 0 Å². The molecule has 0 amide bonds. The van der Waals surface area contributed by atoms with Gasteiger partial charge in [-0.2, -0.15) is 0 Å². The van der Waals surface area contributed by atoms with Crippen LogP contribution < -0.4 is 11.2 Å². The fourth-order valence-corrected chi connectivity index (χ4v) is 2.45. The number of nitrogens with zero attached hydrogens (tertiary/aromatic N) is 3. The molecule has 124 valence electrons. The Morgan fingerprint density at radius 1 is 1.04 bits per heavy atom. The Bertz CT molecular complexity index is 980. The summed E-state index contributed by atoms with van der Waals surface area (Å²) < 4.78 is 11.9. The summed E-state index contributed by atoms with van der Waals surface area (Å²) in [7, 11) is 0. The molecule has 0 aliphatic rings. The molecule has 0 saturated carbocycles. The van der Waals surface area contributed by atoms with Gasteiger partial charge < -0.3 is 8.83 Å². The average molecular weight is 331 g/mol. The summed E-state index contributed by atoms with van der Waals surface area (Å²) in [6.45, 7) is 1.33. The molecule has 9 heteroatoms. The summed E-state index contributed by atoms with van der Waals surface area (Å²) in [5.41, 5.74) is -0.982. The van der Waals surface area contributed by atoms with Crippen molar-refractivity contribution in [3.05, 3.63) is 85.0 Å². The van der Waals surface area contributed by atoms with E-state index in [1.807, 2.05) is 0 Å². The molecule has 0 aromatic carbocycles. The van der Waals surface area contributed by atoms with Gasteiger partial charge in [0.15, 0.2) is 0 Å². The lowest BCUT2D eigenvalue weighted by atomic mass is 10.3. The number of hydrogen-bond donors (Lipinski definition) is 0. The van der Waals surface area contributed by atoms with Crippen LogP contribution in [0.3, 0.4) is 0 Å². The van der Waals surface area contributed by atoms with E-state index < -0.39 is 21.9 Å². The van der Waals surface area contributed by atoms with Crippen molar-refractivity contribution in [2.75, 3.05) is 0 Å². The highest BCUT2D eigenvalue weighted by molar-refractivity contribution is 5.33. The van der Waals surface area contributed by atoms with Crippen LogP contribution in [0.4, 0.5) is 5.69 Å². The Hall–Kier alpha value is -3.36. The van der Waals surface area contributed by atoms with Crippen LogP contribution in [0, 0.1) is 17.0 Å². The van der Waals surface area contributed by atoms with Crippen molar-refractivity contribution in [1.82, 2.24) is 9.13 Å². The van der Waals surface area contributed by atoms with Crippen LogP contribution in [0.1, 0.15) is 16.8 Å². The van der Waals surface area contributed by atoms with Gasteiger partial charge in [-0.1, -0.05) is 0 Å². The van der Waals surface area contributed by atoms with Crippen molar-refractivity contribution in [2.45, 2.75) is 20.0 Å². The zero-order valence-electron chi connectivity index (χ0n) is 12.7. The lowest BCUT2D eigenvalue weighted by molar-refractivity contribution is -0.387. The Morgan fingerprint density at radius 2 is 1.58 bits per heavy atom. The van der Waals surface area contributed by atoms with Gasteiger partial charge >= 0.3 is 16.9 Å². The first-order chi connectivity index (χ1) is 11.5. The maximum Gasteiger partial charge on any atom is 0.353 e. The molecular formula is C15H13N3O6. The van der Waals surface area contributed by atoms with Crippen molar-refractivity contribution in [1.29, 1.82) is 0 Å². The fourth-order valence-electron chi connectivity index (χ4n) is 2.45. The first-order valence-electron chi connectivity index (χ1n) is 7.00. The van der Waals surface area contributed by atoms with Crippen LogP contribution in [0.25, 0.3) is 0 Å². The first-order valence-corrected chi connectivity index (χ1v) is 7.00. The topological polar surface area (TPSA) is 113 Å². The van der Waals surface area contributed by atoms with Crippen LogP contribution in [-0.2, 0) is 13.1 Å². The molecule has 0 radical (unpaired) electrons. The molecule has 0 spiro atoms. The van der Waals surface area contributed by atoms with Crippen LogP contribution >= 0.6 is 0 Å². The van der Waals surface area contributed by atoms with E-state index >= 15 is 0 Å². The molecule has 0 N–H and O–H groups in total. The number of rotatable bonds is 5. The molecule has 0 atom stereocenters. The lowest BCUT2D eigenvalue weighted by Crippen LogP contribution is -2.42. The second kappa shape index (κ2) is 6.03. The summed E-state index contributed by atoms with van der Waals surface area (Å²) in [6.07, 6.45) is 5.64. The average Bonchev–Trinajstić information content (AvgIpc) is 3.21. The highest BCUT2D eigenvalue weighted by Crippen LogP contribution is 2.13. The third-order valence-corrected chi connectivity index (χ3v) is 3.68. The Labute approximate surface area is 134 Å². The van der Waals surface area contributed by atoms with Gasteiger partial charge in [0.1, 0.15) is 5.69 Å². The molecule has 0 aliphatic heterocycles. The van der Waals surface area contributed by atoms with Crippen LogP contribution in [0.2, 0.25) is 0 Å². The van der Waals surface area contributed by atoms with Crippen molar-refractivity contribution in [3.63, 3.8) is 0 Å². The first kappa shape index (κ1) is 15.5. The van der Waals surface area contributed by atoms with Gasteiger partial charge in [-0.25, -0.2) is 9.36 Å². The monoisotopic (exact) mass is 331 g/mol. The molecule has 9 nitrogen and oxygen atoms in total. The van der Waals surface area contributed by atoms with Gasteiger partial charge in [-0.3, -0.25) is 19.5 Å². The zero-order chi connectivity index (χ0) is 17.3. The number of hydrogen-bond acceptors (Lipinski definition) is 6. The third-order valence-electron chi connectivity index (χ3n) is 3.68. The number of nitro groups is 1. The van der Waals surface area contributed by atoms with E-state index in [0.29, 0.717) is 11.1 Å². The second-order valence-electron chi connectivity index (χ2n) is 5.21. The predicted octanol–water partition coefficient (Wildman–Crippen LogP) is 1.51.